The van der Waals surface area contributed by atoms with E-state index in [1.54, 1.807) is 18.0 Å². The molecule has 2 aromatic carbocycles. The molecule has 0 aliphatic heterocycles. The van der Waals surface area contributed by atoms with Gasteiger partial charge >= 0.3 is 0 Å². The van der Waals surface area contributed by atoms with Crippen molar-refractivity contribution >= 4 is 29.5 Å². The van der Waals surface area contributed by atoms with E-state index < -0.39 is 0 Å². The quantitative estimate of drug-likeness (QED) is 0.534. The van der Waals surface area contributed by atoms with Crippen LogP contribution >= 0.6 is 23.5 Å². The smallest absolute Gasteiger partial charge is 0.267 e. The van der Waals surface area contributed by atoms with Crippen LogP contribution in [0.4, 0.5) is 0 Å². The van der Waals surface area contributed by atoms with Crippen molar-refractivity contribution in [2.24, 2.45) is 0 Å². The Labute approximate surface area is 158 Å². The third-order valence-electron chi connectivity index (χ3n) is 4.67. The van der Waals surface area contributed by atoms with Crippen LogP contribution in [0.3, 0.4) is 0 Å². The Morgan fingerprint density at radius 3 is 2.52 bits per heavy atom. The van der Waals surface area contributed by atoms with E-state index in [4.69, 9.17) is 11.6 Å². The lowest BCUT2D eigenvalue weighted by Crippen LogP contribution is -2.35. The van der Waals surface area contributed by atoms with Crippen LogP contribution < -0.4 is 10.3 Å². The number of amides is 1. The van der Waals surface area contributed by atoms with Gasteiger partial charge in [0.15, 0.2) is 0 Å². The molecule has 0 aromatic heterocycles. The Morgan fingerprint density at radius 1 is 1.08 bits per heavy atom. The Hall–Kier alpha value is -1.49. The molecule has 3 nitrogen and oxygen atoms in total. The molecule has 1 aliphatic carbocycles. The van der Waals surface area contributed by atoms with Crippen molar-refractivity contribution in [1.82, 2.24) is 10.3 Å². The van der Waals surface area contributed by atoms with Crippen molar-refractivity contribution < 1.29 is 4.79 Å². The predicted octanol–water partition coefficient (Wildman–Crippen LogP) is 5.53. The molecular weight excluding hydrogens is 352 g/mol. The largest absolute Gasteiger partial charge is 0.278 e. The van der Waals surface area contributed by atoms with Crippen LogP contribution in [0.1, 0.15) is 48.0 Å². The van der Waals surface area contributed by atoms with Gasteiger partial charge < -0.3 is 0 Å². The van der Waals surface area contributed by atoms with Crippen LogP contribution in [0, 0.1) is 6.92 Å². The van der Waals surface area contributed by atoms with Gasteiger partial charge in [-0.05, 0) is 42.5 Å². The van der Waals surface area contributed by atoms with E-state index in [1.807, 2.05) is 43.3 Å². The van der Waals surface area contributed by atoms with Crippen molar-refractivity contribution in [2.45, 2.75) is 44.3 Å². The molecule has 3 rings (SSSR count). The standard InChI is InChI=1S/C20H23ClN2OS/c1-14-17(15-8-4-2-5-9-15)12-13-18(21)19(14)20(24)22-23-25-16-10-6-3-7-11-16/h2,4-5,8-9,12-13,16,23H,3,6-7,10-11H2,1H3,(H,22,24). The van der Waals surface area contributed by atoms with Crippen molar-refractivity contribution in [2.75, 3.05) is 0 Å². The molecular formula is C20H23ClN2OS. The topological polar surface area (TPSA) is 41.1 Å². The summed E-state index contributed by atoms with van der Waals surface area (Å²) >= 11 is 7.92. The molecule has 1 amide bonds. The monoisotopic (exact) mass is 374 g/mol. The first-order valence-electron chi connectivity index (χ1n) is 8.72. The second kappa shape index (κ2) is 8.75. The third kappa shape index (κ3) is 4.57. The van der Waals surface area contributed by atoms with E-state index in [0.717, 1.165) is 16.7 Å². The van der Waals surface area contributed by atoms with Gasteiger partial charge in [0.2, 0.25) is 0 Å². The molecule has 132 valence electrons. The zero-order valence-electron chi connectivity index (χ0n) is 14.3. The molecule has 0 heterocycles. The number of nitrogens with one attached hydrogen (secondary N) is 2. The first-order chi connectivity index (χ1) is 12.2. The Kier molecular flexibility index (Phi) is 6.40. The summed E-state index contributed by atoms with van der Waals surface area (Å²) in [6.07, 6.45) is 6.28. The highest BCUT2D eigenvalue weighted by atomic mass is 35.5. The highest BCUT2D eigenvalue weighted by molar-refractivity contribution is 7.98. The molecule has 1 fully saturated rings. The fourth-order valence-electron chi connectivity index (χ4n) is 3.29. The highest BCUT2D eigenvalue weighted by Crippen LogP contribution is 2.30. The van der Waals surface area contributed by atoms with Gasteiger partial charge in [0, 0.05) is 5.25 Å². The lowest BCUT2D eigenvalue weighted by atomic mass is 9.96. The predicted molar refractivity (Wildman–Crippen MR) is 107 cm³/mol. The van der Waals surface area contributed by atoms with Crippen LogP contribution in [-0.2, 0) is 0 Å². The number of hydrazine groups is 1. The van der Waals surface area contributed by atoms with Crippen LogP contribution in [0.2, 0.25) is 5.02 Å². The maximum absolute atomic E-state index is 12.6. The van der Waals surface area contributed by atoms with Crippen LogP contribution in [0.25, 0.3) is 11.1 Å². The first-order valence-corrected chi connectivity index (χ1v) is 9.98. The molecule has 0 unspecified atom stereocenters. The summed E-state index contributed by atoms with van der Waals surface area (Å²) in [5, 5.41) is 1.04. The van der Waals surface area contributed by atoms with E-state index in [9.17, 15) is 4.79 Å². The zero-order chi connectivity index (χ0) is 17.6. The van der Waals surface area contributed by atoms with E-state index in [2.05, 4.69) is 10.3 Å². The Bertz CT molecular complexity index is 730. The average molecular weight is 375 g/mol. The van der Waals surface area contributed by atoms with Gasteiger partial charge in [-0.3, -0.25) is 10.2 Å². The minimum atomic E-state index is -0.191. The van der Waals surface area contributed by atoms with Crippen molar-refractivity contribution in [3.63, 3.8) is 0 Å². The Balaban J connectivity index is 1.71. The van der Waals surface area contributed by atoms with E-state index in [1.165, 1.54) is 32.1 Å². The van der Waals surface area contributed by atoms with Gasteiger partial charge in [-0.2, -0.15) is 4.83 Å². The molecule has 2 N–H and O–H groups in total. The molecule has 0 atom stereocenters. The number of hydrogen-bond acceptors (Lipinski definition) is 3. The number of benzene rings is 2. The average Bonchev–Trinajstić information content (AvgIpc) is 2.63. The molecule has 5 heteroatoms. The summed E-state index contributed by atoms with van der Waals surface area (Å²) in [7, 11) is 0. The summed E-state index contributed by atoms with van der Waals surface area (Å²) < 4.78 is 0. The molecule has 0 saturated heterocycles. The van der Waals surface area contributed by atoms with Crippen LogP contribution in [0.5, 0.6) is 0 Å². The van der Waals surface area contributed by atoms with Gasteiger partial charge in [0.25, 0.3) is 5.91 Å². The fourth-order valence-corrected chi connectivity index (χ4v) is 4.47. The van der Waals surface area contributed by atoms with Gasteiger partial charge in [0.05, 0.1) is 10.6 Å². The van der Waals surface area contributed by atoms with Crippen molar-refractivity contribution in [3.05, 3.63) is 58.6 Å². The molecule has 1 aliphatic rings. The molecule has 0 bridgehead atoms. The van der Waals surface area contributed by atoms with Crippen LogP contribution in [-0.4, -0.2) is 11.2 Å². The van der Waals surface area contributed by atoms with E-state index >= 15 is 0 Å². The lowest BCUT2D eigenvalue weighted by Gasteiger charge is -2.21. The Morgan fingerprint density at radius 2 is 1.80 bits per heavy atom. The van der Waals surface area contributed by atoms with Gasteiger partial charge in [-0.1, -0.05) is 79.2 Å². The fraction of sp³-hybridized carbons (Fsp3) is 0.350. The summed E-state index contributed by atoms with van der Waals surface area (Å²) in [5.41, 5.74) is 6.32. The van der Waals surface area contributed by atoms with Gasteiger partial charge in [0.1, 0.15) is 0 Å². The minimum Gasteiger partial charge on any atom is -0.278 e. The first kappa shape index (κ1) is 18.3. The SMILES string of the molecule is Cc1c(-c2ccccc2)ccc(Cl)c1C(=O)NNSC1CCCCC1. The maximum Gasteiger partial charge on any atom is 0.267 e. The van der Waals surface area contributed by atoms with E-state index in [-0.39, 0.29) is 5.91 Å². The highest BCUT2D eigenvalue weighted by Gasteiger charge is 2.18. The molecule has 25 heavy (non-hydrogen) atoms. The minimum absolute atomic E-state index is 0.191. The third-order valence-corrected chi connectivity index (χ3v) is 6.01. The molecule has 0 radical (unpaired) electrons. The van der Waals surface area contributed by atoms with Crippen molar-refractivity contribution in [3.8, 4) is 11.1 Å². The summed E-state index contributed by atoms with van der Waals surface area (Å²) in [5.74, 6) is -0.191. The number of carbonyl (C=O) groups is 1. The zero-order valence-corrected chi connectivity index (χ0v) is 15.9. The second-order valence-corrected chi connectivity index (χ2v) is 7.91. The second-order valence-electron chi connectivity index (χ2n) is 6.40. The molecule has 0 spiro atoms. The summed E-state index contributed by atoms with van der Waals surface area (Å²) in [6, 6.07) is 13.8. The van der Waals surface area contributed by atoms with Crippen LogP contribution in [0.15, 0.2) is 42.5 Å². The van der Waals surface area contributed by atoms with Crippen molar-refractivity contribution in [1.29, 1.82) is 0 Å². The van der Waals surface area contributed by atoms with Gasteiger partial charge in [-0.25, -0.2) is 0 Å². The summed E-state index contributed by atoms with van der Waals surface area (Å²) in [6.45, 7) is 1.94. The van der Waals surface area contributed by atoms with Gasteiger partial charge in [-0.15, -0.1) is 0 Å². The van der Waals surface area contributed by atoms with E-state index in [0.29, 0.717) is 15.8 Å². The summed E-state index contributed by atoms with van der Waals surface area (Å²) in [4.78, 5) is 15.7. The molecule has 2 aromatic rings. The number of hydrogen-bond donors (Lipinski definition) is 2. The lowest BCUT2D eigenvalue weighted by molar-refractivity contribution is 0.0946. The number of halogens is 1. The molecule has 1 saturated carbocycles. The normalized spacial score (nSPS) is 15.1. The number of carbonyl (C=O) groups excluding carboxylic acids is 1. The number of rotatable bonds is 5. The maximum atomic E-state index is 12.6.